The van der Waals surface area contributed by atoms with E-state index < -0.39 is 0 Å². The highest BCUT2D eigenvalue weighted by Crippen LogP contribution is 2.34. The van der Waals surface area contributed by atoms with Crippen LogP contribution in [0.4, 0.5) is 11.4 Å². The third-order valence-electron chi connectivity index (χ3n) is 6.14. The van der Waals surface area contributed by atoms with Crippen LogP contribution >= 0.6 is 11.6 Å². The van der Waals surface area contributed by atoms with Crippen molar-refractivity contribution in [3.05, 3.63) is 59.1 Å². The van der Waals surface area contributed by atoms with E-state index in [9.17, 15) is 0 Å². The van der Waals surface area contributed by atoms with Gasteiger partial charge in [-0.1, -0.05) is 35.9 Å². The predicted octanol–water partition coefficient (Wildman–Crippen LogP) is 3.80. The van der Waals surface area contributed by atoms with Crippen LogP contribution < -0.4 is 9.80 Å². The van der Waals surface area contributed by atoms with Gasteiger partial charge in [-0.05, 0) is 43.8 Å². The first-order valence-electron chi connectivity index (χ1n) is 10.4. The Morgan fingerprint density at radius 3 is 2.11 bits per heavy atom. The number of halogens is 1. The fourth-order valence-corrected chi connectivity index (χ4v) is 4.47. The Hall–Kier alpha value is -1.75. The van der Waals surface area contributed by atoms with Crippen LogP contribution in [0.3, 0.4) is 0 Å². The van der Waals surface area contributed by atoms with E-state index in [0.29, 0.717) is 6.04 Å². The van der Waals surface area contributed by atoms with E-state index in [2.05, 4.69) is 70.0 Å². The second kappa shape index (κ2) is 8.73. The van der Waals surface area contributed by atoms with Crippen LogP contribution in [0.5, 0.6) is 0 Å². The summed E-state index contributed by atoms with van der Waals surface area (Å²) < 4.78 is 0. The lowest BCUT2D eigenvalue weighted by atomic mass is 10.1. The molecule has 28 heavy (non-hydrogen) atoms. The third-order valence-corrected chi connectivity index (χ3v) is 6.39. The molecule has 2 aromatic carbocycles. The first-order valence-corrected chi connectivity index (χ1v) is 10.7. The Kier molecular flexibility index (Phi) is 6.10. The highest BCUT2D eigenvalue weighted by molar-refractivity contribution is 6.30. The first-order chi connectivity index (χ1) is 13.6. The van der Waals surface area contributed by atoms with Crippen molar-refractivity contribution in [2.24, 2.45) is 0 Å². The SMILES string of the molecule is CC(CN1CCN(Cc2ccc(Cl)cc2)c2ccccc21)N1CCN(C)CC1. The van der Waals surface area contributed by atoms with Crippen molar-refractivity contribution in [1.82, 2.24) is 9.80 Å². The van der Waals surface area contributed by atoms with Gasteiger partial charge in [0.05, 0.1) is 11.4 Å². The van der Waals surface area contributed by atoms with Crippen molar-refractivity contribution in [3.63, 3.8) is 0 Å². The molecule has 0 aliphatic carbocycles. The zero-order valence-electron chi connectivity index (χ0n) is 17.0. The molecule has 1 fully saturated rings. The molecule has 1 saturated heterocycles. The fourth-order valence-electron chi connectivity index (χ4n) is 4.34. The van der Waals surface area contributed by atoms with Crippen molar-refractivity contribution in [2.45, 2.75) is 19.5 Å². The van der Waals surface area contributed by atoms with Gasteiger partial charge in [0, 0.05) is 63.4 Å². The Balaban J connectivity index is 1.46. The molecule has 1 unspecified atom stereocenters. The van der Waals surface area contributed by atoms with Crippen molar-refractivity contribution in [2.75, 3.05) is 62.7 Å². The molecule has 2 heterocycles. The molecule has 2 aromatic rings. The Bertz CT molecular complexity index is 770. The van der Waals surface area contributed by atoms with E-state index >= 15 is 0 Å². The highest BCUT2D eigenvalue weighted by Gasteiger charge is 2.26. The summed E-state index contributed by atoms with van der Waals surface area (Å²) in [6, 6.07) is 17.7. The second-order valence-corrected chi connectivity index (χ2v) is 8.61. The van der Waals surface area contributed by atoms with Gasteiger partial charge in [0.25, 0.3) is 0 Å². The van der Waals surface area contributed by atoms with Crippen LogP contribution in [0.15, 0.2) is 48.5 Å². The zero-order chi connectivity index (χ0) is 19.5. The maximum absolute atomic E-state index is 6.05. The van der Waals surface area contributed by atoms with Crippen LogP contribution in [0.1, 0.15) is 12.5 Å². The molecule has 0 aromatic heterocycles. The third kappa shape index (κ3) is 4.45. The summed E-state index contributed by atoms with van der Waals surface area (Å²) in [5, 5.41) is 0.798. The lowest BCUT2D eigenvalue weighted by molar-refractivity contribution is 0.121. The van der Waals surface area contributed by atoms with Gasteiger partial charge in [-0.2, -0.15) is 0 Å². The highest BCUT2D eigenvalue weighted by atomic mass is 35.5. The molecular formula is C23H31ClN4. The monoisotopic (exact) mass is 398 g/mol. The Morgan fingerprint density at radius 1 is 0.821 bits per heavy atom. The van der Waals surface area contributed by atoms with Crippen LogP contribution in [0, 0.1) is 0 Å². The Morgan fingerprint density at radius 2 is 1.43 bits per heavy atom. The average Bonchev–Trinajstić information content (AvgIpc) is 2.72. The molecule has 0 N–H and O–H groups in total. The van der Waals surface area contributed by atoms with Gasteiger partial charge < -0.3 is 14.7 Å². The second-order valence-electron chi connectivity index (χ2n) is 8.17. The smallest absolute Gasteiger partial charge is 0.0607 e. The van der Waals surface area contributed by atoms with Crippen LogP contribution in [0.2, 0.25) is 5.02 Å². The van der Waals surface area contributed by atoms with E-state index in [-0.39, 0.29) is 0 Å². The molecule has 4 nitrogen and oxygen atoms in total. The maximum Gasteiger partial charge on any atom is 0.0607 e. The van der Waals surface area contributed by atoms with E-state index in [4.69, 9.17) is 11.6 Å². The normalized spacial score (nSPS) is 19.5. The topological polar surface area (TPSA) is 13.0 Å². The molecule has 150 valence electrons. The molecule has 0 amide bonds. The zero-order valence-corrected chi connectivity index (χ0v) is 17.8. The van der Waals surface area contributed by atoms with Gasteiger partial charge in [-0.3, -0.25) is 4.90 Å². The summed E-state index contributed by atoms with van der Waals surface area (Å²) in [6.45, 7) is 11.2. The average molecular weight is 399 g/mol. The number of hydrogen-bond acceptors (Lipinski definition) is 4. The molecule has 0 bridgehead atoms. The number of benzene rings is 2. The summed E-state index contributed by atoms with van der Waals surface area (Å²) >= 11 is 6.05. The number of piperazine rings is 1. The van der Waals surface area contributed by atoms with Gasteiger partial charge in [0.1, 0.15) is 0 Å². The standard InChI is InChI=1S/C23H31ClN4/c1-19(26-13-11-25(2)12-14-26)17-27-15-16-28(23-6-4-3-5-22(23)27)18-20-7-9-21(24)10-8-20/h3-10,19H,11-18H2,1-2H3. The molecule has 0 spiro atoms. The van der Waals surface area contributed by atoms with Gasteiger partial charge >= 0.3 is 0 Å². The minimum absolute atomic E-state index is 0.574. The van der Waals surface area contributed by atoms with Crippen molar-refractivity contribution < 1.29 is 0 Å². The minimum atomic E-state index is 0.574. The quantitative estimate of drug-likeness (QED) is 0.759. The van der Waals surface area contributed by atoms with Crippen molar-refractivity contribution >= 4 is 23.0 Å². The van der Waals surface area contributed by atoms with E-state index in [1.54, 1.807) is 0 Å². The number of anilines is 2. The van der Waals surface area contributed by atoms with E-state index in [1.807, 2.05) is 12.1 Å². The number of fused-ring (bicyclic) bond motifs is 1. The fraction of sp³-hybridized carbons (Fsp3) is 0.478. The van der Waals surface area contributed by atoms with Gasteiger partial charge in [-0.25, -0.2) is 0 Å². The lowest BCUT2D eigenvalue weighted by Crippen LogP contribution is -2.52. The van der Waals surface area contributed by atoms with E-state index in [1.165, 1.54) is 43.1 Å². The predicted molar refractivity (Wildman–Crippen MR) is 120 cm³/mol. The molecular weight excluding hydrogens is 368 g/mol. The molecule has 5 heteroatoms. The summed E-state index contributed by atoms with van der Waals surface area (Å²) in [7, 11) is 2.22. The van der Waals surface area contributed by atoms with Crippen molar-refractivity contribution in [1.29, 1.82) is 0 Å². The van der Waals surface area contributed by atoms with Crippen LogP contribution in [-0.4, -0.2) is 68.7 Å². The summed E-state index contributed by atoms with van der Waals surface area (Å²) in [6.07, 6.45) is 0. The van der Waals surface area contributed by atoms with Gasteiger partial charge in [0.2, 0.25) is 0 Å². The number of para-hydroxylation sites is 2. The lowest BCUT2D eigenvalue weighted by Gasteiger charge is -2.43. The largest absolute Gasteiger partial charge is 0.367 e. The van der Waals surface area contributed by atoms with Gasteiger partial charge in [0.15, 0.2) is 0 Å². The van der Waals surface area contributed by atoms with E-state index in [0.717, 1.165) is 31.2 Å². The van der Waals surface area contributed by atoms with Gasteiger partial charge in [-0.15, -0.1) is 0 Å². The summed E-state index contributed by atoms with van der Waals surface area (Å²) in [5.41, 5.74) is 4.01. The molecule has 2 aliphatic rings. The van der Waals surface area contributed by atoms with Crippen molar-refractivity contribution in [3.8, 4) is 0 Å². The molecule has 0 radical (unpaired) electrons. The maximum atomic E-state index is 6.05. The first kappa shape index (κ1) is 19.6. The molecule has 1 atom stereocenters. The molecule has 4 rings (SSSR count). The number of hydrogen-bond donors (Lipinski definition) is 0. The minimum Gasteiger partial charge on any atom is -0.367 e. The molecule has 2 aliphatic heterocycles. The Labute approximate surface area is 174 Å². The number of nitrogens with zero attached hydrogens (tertiary/aromatic N) is 4. The summed E-state index contributed by atoms with van der Waals surface area (Å²) in [5.74, 6) is 0. The summed E-state index contributed by atoms with van der Waals surface area (Å²) in [4.78, 5) is 10.1. The molecule has 0 saturated carbocycles. The van der Waals surface area contributed by atoms with Crippen LogP contribution in [-0.2, 0) is 6.54 Å². The van der Waals surface area contributed by atoms with Crippen LogP contribution in [0.25, 0.3) is 0 Å². The number of likely N-dealkylation sites (N-methyl/N-ethyl adjacent to an activating group) is 1. The number of rotatable bonds is 5.